The third kappa shape index (κ3) is 7.12. The molecule has 0 fully saturated rings. The van der Waals surface area contributed by atoms with Crippen molar-refractivity contribution in [3.63, 3.8) is 0 Å². The van der Waals surface area contributed by atoms with Crippen molar-refractivity contribution in [1.82, 2.24) is 5.32 Å². The molecule has 0 aliphatic heterocycles. The predicted molar refractivity (Wildman–Crippen MR) is 74.4 cm³/mol. The zero-order valence-electron chi connectivity index (χ0n) is 11.5. The standard InChI is InChI=1S/C13H17F2NO4S/c1-8(3-2-4-11(17)18)16-12(19)10-6-5-9(20-10)7-21-13(14)15/h5-6,8,13H,2-4,7H2,1H3,(H,16,19)(H,17,18). The number of halogens is 2. The number of alkyl halides is 2. The Bertz CT molecular complexity index is 478. The third-order valence-corrected chi connectivity index (χ3v) is 3.35. The summed E-state index contributed by atoms with van der Waals surface area (Å²) in [5.41, 5.74) is 0. The van der Waals surface area contributed by atoms with Crippen LogP contribution in [0.5, 0.6) is 0 Å². The van der Waals surface area contributed by atoms with Gasteiger partial charge in [0, 0.05) is 12.5 Å². The monoisotopic (exact) mass is 321 g/mol. The molecule has 0 saturated heterocycles. The van der Waals surface area contributed by atoms with Crippen molar-refractivity contribution in [2.45, 2.75) is 43.7 Å². The fraction of sp³-hybridized carbons (Fsp3) is 0.538. The highest BCUT2D eigenvalue weighted by molar-refractivity contribution is 7.98. The molecule has 0 radical (unpaired) electrons. The van der Waals surface area contributed by atoms with Gasteiger partial charge >= 0.3 is 5.97 Å². The number of furan rings is 1. The summed E-state index contributed by atoms with van der Waals surface area (Å²) in [6.45, 7) is 1.76. The first-order valence-corrected chi connectivity index (χ1v) is 7.44. The molecule has 0 aromatic carbocycles. The minimum Gasteiger partial charge on any atom is -0.481 e. The Balaban J connectivity index is 2.39. The van der Waals surface area contributed by atoms with E-state index in [0.717, 1.165) is 0 Å². The molecule has 1 rings (SSSR count). The lowest BCUT2D eigenvalue weighted by atomic mass is 10.1. The summed E-state index contributed by atoms with van der Waals surface area (Å²) >= 11 is 0.423. The largest absolute Gasteiger partial charge is 0.481 e. The van der Waals surface area contributed by atoms with Crippen molar-refractivity contribution in [3.8, 4) is 0 Å². The number of carboxylic acid groups (broad SMARTS) is 1. The number of aliphatic carboxylic acids is 1. The number of carbonyl (C=O) groups excluding carboxylic acids is 1. The van der Waals surface area contributed by atoms with Gasteiger partial charge in [0.05, 0.1) is 5.75 Å². The number of hydrogen-bond donors (Lipinski definition) is 2. The zero-order valence-corrected chi connectivity index (χ0v) is 12.3. The summed E-state index contributed by atoms with van der Waals surface area (Å²) in [6.07, 6.45) is 1.05. The molecule has 1 heterocycles. The minimum atomic E-state index is -2.48. The first kappa shape index (κ1) is 17.5. The molecule has 0 spiro atoms. The maximum atomic E-state index is 12.0. The van der Waals surface area contributed by atoms with Crippen LogP contribution in [0.15, 0.2) is 16.5 Å². The number of carbonyl (C=O) groups is 2. The van der Waals surface area contributed by atoms with Crippen LogP contribution in [0.4, 0.5) is 8.78 Å². The molecule has 5 nitrogen and oxygen atoms in total. The van der Waals surface area contributed by atoms with E-state index < -0.39 is 17.6 Å². The lowest BCUT2D eigenvalue weighted by Gasteiger charge is -2.11. The predicted octanol–water partition coefficient (Wildman–Crippen LogP) is 3.11. The second kappa shape index (κ2) is 8.66. The van der Waals surface area contributed by atoms with Gasteiger partial charge in [-0.3, -0.25) is 9.59 Å². The van der Waals surface area contributed by atoms with E-state index in [4.69, 9.17) is 9.52 Å². The van der Waals surface area contributed by atoms with E-state index in [-0.39, 0.29) is 24.0 Å². The molecule has 0 aliphatic carbocycles. The topological polar surface area (TPSA) is 79.5 Å². The molecule has 8 heteroatoms. The molecule has 0 bridgehead atoms. The van der Waals surface area contributed by atoms with Crippen LogP contribution >= 0.6 is 11.8 Å². The van der Waals surface area contributed by atoms with E-state index in [1.807, 2.05) is 0 Å². The number of amides is 1. The van der Waals surface area contributed by atoms with E-state index in [1.54, 1.807) is 6.92 Å². The molecule has 1 aromatic heterocycles. The molecule has 118 valence electrons. The maximum Gasteiger partial charge on any atom is 0.303 e. The lowest BCUT2D eigenvalue weighted by molar-refractivity contribution is -0.137. The molecule has 1 unspecified atom stereocenters. The van der Waals surface area contributed by atoms with Gasteiger partial charge in [0.2, 0.25) is 0 Å². The number of nitrogens with one attached hydrogen (secondary N) is 1. The summed E-state index contributed by atoms with van der Waals surface area (Å²) in [5, 5.41) is 11.2. The van der Waals surface area contributed by atoms with E-state index in [2.05, 4.69) is 5.32 Å². The van der Waals surface area contributed by atoms with Gasteiger partial charge in [-0.05, 0) is 31.9 Å². The smallest absolute Gasteiger partial charge is 0.303 e. The molecular weight excluding hydrogens is 304 g/mol. The number of carboxylic acids is 1. The summed E-state index contributed by atoms with van der Waals surface area (Å²) in [5.74, 6) is -3.43. The fourth-order valence-electron chi connectivity index (χ4n) is 1.65. The normalized spacial score (nSPS) is 12.4. The second-order valence-corrected chi connectivity index (χ2v) is 5.48. The van der Waals surface area contributed by atoms with Crippen LogP contribution in [0.25, 0.3) is 0 Å². The van der Waals surface area contributed by atoms with Crippen LogP contribution in [0.2, 0.25) is 0 Å². The van der Waals surface area contributed by atoms with Crippen molar-refractivity contribution in [2.75, 3.05) is 0 Å². The van der Waals surface area contributed by atoms with Crippen molar-refractivity contribution >= 4 is 23.6 Å². The highest BCUT2D eigenvalue weighted by atomic mass is 32.2. The number of hydrogen-bond acceptors (Lipinski definition) is 4. The Kier molecular flexibility index (Phi) is 7.21. The Morgan fingerprint density at radius 3 is 2.76 bits per heavy atom. The van der Waals surface area contributed by atoms with E-state index >= 15 is 0 Å². The van der Waals surface area contributed by atoms with Crippen LogP contribution in [0.3, 0.4) is 0 Å². The van der Waals surface area contributed by atoms with Gasteiger partial charge in [-0.2, -0.15) is 8.78 Å². The van der Waals surface area contributed by atoms with Crippen LogP contribution in [-0.4, -0.2) is 28.8 Å². The van der Waals surface area contributed by atoms with E-state index in [0.29, 0.717) is 30.4 Å². The average Bonchev–Trinajstić information content (AvgIpc) is 2.84. The summed E-state index contributed by atoms with van der Waals surface area (Å²) in [4.78, 5) is 22.2. The van der Waals surface area contributed by atoms with Gasteiger partial charge in [0.1, 0.15) is 5.76 Å². The van der Waals surface area contributed by atoms with Crippen molar-refractivity contribution in [1.29, 1.82) is 0 Å². The molecule has 21 heavy (non-hydrogen) atoms. The summed E-state index contributed by atoms with van der Waals surface area (Å²) < 4.78 is 29.2. The van der Waals surface area contributed by atoms with E-state index in [9.17, 15) is 18.4 Å². The highest BCUT2D eigenvalue weighted by Crippen LogP contribution is 2.21. The SMILES string of the molecule is CC(CCCC(=O)O)NC(=O)c1ccc(CSC(F)F)o1. The van der Waals surface area contributed by atoms with Gasteiger partial charge in [-0.1, -0.05) is 11.8 Å². The van der Waals surface area contributed by atoms with Gasteiger partial charge in [-0.15, -0.1) is 0 Å². The fourth-order valence-corrected chi connectivity index (χ4v) is 2.09. The minimum absolute atomic E-state index is 0.000881. The Morgan fingerprint density at radius 1 is 1.43 bits per heavy atom. The number of thioether (sulfide) groups is 1. The third-order valence-electron chi connectivity index (χ3n) is 2.64. The molecule has 0 aliphatic rings. The Hall–Kier alpha value is -1.57. The first-order chi connectivity index (χ1) is 9.88. The molecule has 0 saturated carbocycles. The van der Waals surface area contributed by atoms with Gasteiger partial charge in [-0.25, -0.2) is 0 Å². The van der Waals surface area contributed by atoms with E-state index in [1.165, 1.54) is 12.1 Å². The molecule has 2 N–H and O–H groups in total. The zero-order chi connectivity index (χ0) is 15.8. The van der Waals surface area contributed by atoms with Gasteiger partial charge in [0.15, 0.2) is 5.76 Å². The van der Waals surface area contributed by atoms with Crippen LogP contribution < -0.4 is 5.32 Å². The molecular formula is C13H17F2NO4S. The molecule has 1 aromatic rings. The maximum absolute atomic E-state index is 12.0. The van der Waals surface area contributed by atoms with Crippen molar-refractivity contribution in [3.05, 3.63) is 23.7 Å². The lowest BCUT2D eigenvalue weighted by Crippen LogP contribution is -2.32. The second-order valence-electron chi connectivity index (χ2n) is 4.50. The number of rotatable bonds is 9. The summed E-state index contributed by atoms with van der Waals surface area (Å²) in [6, 6.07) is 2.72. The Labute approximate surface area is 125 Å². The van der Waals surface area contributed by atoms with Crippen molar-refractivity contribution < 1.29 is 27.9 Å². The highest BCUT2D eigenvalue weighted by Gasteiger charge is 2.15. The Morgan fingerprint density at radius 2 is 2.14 bits per heavy atom. The van der Waals surface area contributed by atoms with Crippen LogP contribution in [0, 0.1) is 0 Å². The van der Waals surface area contributed by atoms with Gasteiger partial charge in [0.25, 0.3) is 11.7 Å². The van der Waals surface area contributed by atoms with Crippen LogP contribution in [-0.2, 0) is 10.5 Å². The first-order valence-electron chi connectivity index (χ1n) is 6.39. The van der Waals surface area contributed by atoms with Crippen LogP contribution in [0.1, 0.15) is 42.5 Å². The van der Waals surface area contributed by atoms with Crippen molar-refractivity contribution in [2.24, 2.45) is 0 Å². The quantitative estimate of drug-likeness (QED) is 0.730. The summed E-state index contributed by atoms with van der Waals surface area (Å²) in [7, 11) is 0. The van der Waals surface area contributed by atoms with Gasteiger partial charge < -0.3 is 14.8 Å². The average molecular weight is 321 g/mol. The molecule has 1 amide bonds. The molecule has 1 atom stereocenters.